The summed E-state index contributed by atoms with van der Waals surface area (Å²) >= 11 is 0. The van der Waals surface area contributed by atoms with Crippen molar-refractivity contribution in [2.75, 3.05) is 20.8 Å². The average molecular weight is 433 g/mol. The standard InChI is InChI=1S/C26H28N2O4/c1-29-20-13-15-21(16-14-20)31-18-8-7-17-28-23-10-4-3-9-22(23)27-26(28)19-32-25-12-6-5-11-24(25)30-2/h3-6,9-16H,7-8,17-19H2,1-2H3. The van der Waals surface area contributed by atoms with Crippen LogP contribution < -0.4 is 18.9 Å². The number of ether oxygens (including phenoxy) is 4. The lowest BCUT2D eigenvalue weighted by Gasteiger charge is -2.12. The Morgan fingerprint density at radius 2 is 1.44 bits per heavy atom. The summed E-state index contributed by atoms with van der Waals surface area (Å²) in [6.45, 7) is 1.88. The molecule has 0 aliphatic rings. The molecule has 166 valence electrons. The SMILES string of the molecule is COc1ccc(OCCCCn2c(COc3ccccc3OC)nc3ccccc32)cc1. The number of aryl methyl sites for hydroxylation is 1. The predicted molar refractivity (Wildman–Crippen MR) is 125 cm³/mol. The van der Waals surface area contributed by atoms with Crippen LogP contribution in [0.4, 0.5) is 0 Å². The molecule has 0 radical (unpaired) electrons. The zero-order valence-electron chi connectivity index (χ0n) is 18.5. The second-order valence-corrected chi connectivity index (χ2v) is 7.34. The smallest absolute Gasteiger partial charge is 0.161 e. The molecule has 4 aromatic rings. The molecule has 3 aromatic carbocycles. The predicted octanol–water partition coefficient (Wildman–Crippen LogP) is 5.49. The molecule has 0 bridgehead atoms. The monoisotopic (exact) mass is 432 g/mol. The number of hydrogen-bond donors (Lipinski definition) is 0. The first-order chi connectivity index (χ1) is 15.8. The third-order valence-corrected chi connectivity index (χ3v) is 5.26. The molecule has 0 amide bonds. The Morgan fingerprint density at radius 1 is 0.719 bits per heavy atom. The molecule has 6 nitrogen and oxygen atoms in total. The highest BCUT2D eigenvalue weighted by molar-refractivity contribution is 5.75. The van der Waals surface area contributed by atoms with Gasteiger partial charge in [-0.1, -0.05) is 24.3 Å². The molecule has 0 fully saturated rings. The van der Waals surface area contributed by atoms with Crippen molar-refractivity contribution in [2.24, 2.45) is 0 Å². The van der Waals surface area contributed by atoms with E-state index < -0.39 is 0 Å². The number of fused-ring (bicyclic) bond motifs is 1. The van der Waals surface area contributed by atoms with Crippen molar-refractivity contribution in [3.63, 3.8) is 0 Å². The van der Waals surface area contributed by atoms with Gasteiger partial charge in [-0.05, 0) is 61.4 Å². The topological polar surface area (TPSA) is 54.7 Å². The van der Waals surface area contributed by atoms with Crippen LogP contribution in [0.3, 0.4) is 0 Å². The fourth-order valence-electron chi connectivity index (χ4n) is 3.60. The van der Waals surface area contributed by atoms with Gasteiger partial charge in [0.25, 0.3) is 0 Å². The summed E-state index contributed by atoms with van der Waals surface area (Å²) in [5, 5.41) is 0. The molecule has 0 aliphatic carbocycles. The molecule has 0 saturated carbocycles. The molecular formula is C26H28N2O4. The van der Waals surface area contributed by atoms with E-state index in [-0.39, 0.29) is 0 Å². The fraction of sp³-hybridized carbons (Fsp3) is 0.269. The van der Waals surface area contributed by atoms with Crippen molar-refractivity contribution in [3.8, 4) is 23.0 Å². The molecular weight excluding hydrogens is 404 g/mol. The summed E-state index contributed by atoms with van der Waals surface area (Å²) in [4.78, 5) is 4.80. The Morgan fingerprint density at radius 3 is 2.22 bits per heavy atom. The van der Waals surface area contributed by atoms with E-state index >= 15 is 0 Å². The van der Waals surface area contributed by atoms with E-state index in [0.717, 1.165) is 47.7 Å². The van der Waals surface area contributed by atoms with Gasteiger partial charge in [0.05, 0.1) is 31.9 Å². The van der Waals surface area contributed by atoms with Crippen LogP contribution >= 0.6 is 0 Å². The number of methoxy groups -OCH3 is 2. The van der Waals surface area contributed by atoms with Crippen LogP contribution in [0, 0.1) is 0 Å². The summed E-state index contributed by atoms with van der Waals surface area (Å²) in [6, 6.07) is 23.5. The Labute approximate surface area is 188 Å². The van der Waals surface area contributed by atoms with Gasteiger partial charge >= 0.3 is 0 Å². The molecule has 0 atom stereocenters. The molecule has 0 N–H and O–H groups in total. The van der Waals surface area contributed by atoms with Gasteiger partial charge < -0.3 is 23.5 Å². The number of para-hydroxylation sites is 4. The number of nitrogens with zero attached hydrogens (tertiary/aromatic N) is 2. The Bertz CT molecular complexity index is 1140. The van der Waals surface area contributed by atoms with Gasteiger partial charge in [0.2, 0.25) is 0 Å². The highest BCUT2D eigenvalue weighted by Gasteiger charge is 2.12. The van der Waals surface area contributed by atoms with Gasteiger partial charge in [0, 0.05) is 6.54 Å². The maximum absolute atomic E-state index is 6.05. The first-order valence-corrected chi connectivity index (χ1v) is 10.8. The van der Waals surface area contributed by atoms with Crippen molar-refractivity contribution in [3.05, 3.63) is 78.6 Å². The van der Waals surface area contributed by atoms with E-state index in [4.69, 9.17) is 23.9 Å². The summed E-state index contributed by atoms with van der Waals surface area (Å²) in [7, 11) is 3.30. The van der Waals surface area contributed by atoms with Crippen LogP contribution in [-0.4, -0.2) is 30.4 Å². The average Bonchev–Trinajstić information content (AvgIpc) is 3.20. The zero-order valence-corrected chi connectivity index (χ0v) is 18.5. The molecule has 32 heavy (non-hydrogen) atoms. The van der Waals surface area contributed by atoms with Gasteiger partial charge in [-0.15, -0.1) is 0 Å². The van der Waals surface area contributed by atoms with Crippen molar-refractivity contribution in [1.29, 1.82) is 0 Å². The van der Waals surface area contributed by atoms with E-state index in [2.05, 4.69) is 10.6 Å². The van der Waals surface area contributed by atoms with Crippen molar-refractivity contribution >= 4 is 11.0 Å². The lowest BCUT2D eigenvalue weighted by atomic mass is 10.3. The lowest BCUT2D eigenvalue weighted by molar-refractivity contribution is 0.270. The molecule has 0 aliphatic heterocycles. The number of imidazole rings is 1. The largest absolute Gasteiger partial charge is 0.497 e. The van der Waals surface area contributed by atoms with Gasteiger partial charge in [-0.2, -0.15) is 0 Å². The van der Waals surface area contributed by atoms with Crippen molar-refractivity contribution in [1.82, 2.24) is 9.55 Å². The first kappa shape index (κ1) is 21.6. The van der Waals surface area contributed by atoms with Gasteiger partial charge in [-0.3, -0.25) is 0 Å². The third kappa shape index (κ3) is 5.14. The summed E-state index contributed by atoms with van der Waals surface area (Å²) in [5.41, 5.74) is 2.09. The summed E-state index contributed by atoms with van der Waals surface area (Å²) in [5.74, 6) is 4.00. The maximum Gasteiger partial charge on any atom is 0.161 e. The van der Waals surface area contributed by atoms with E-state index in [9.17, 15) is 0 Å². The Kier molecular flexibility index (Phi) is 7.12. The normalized spacial score (nSPS) is 10.8. The second kappa shape index (κ2) is 10.6. The van der Waals surface area contributed by atoms with Crippen LogP contribution in [0.25, 0.3) is 11.0 Å². The molecule has 1 aromatic heterocycles. The lowest BCUT2D eigenvalue weighted by Crippen LogP contribution is -2.09. The van der Waals surface area contributed by atoms with E-state index in [0.29, 0.717) is 24.7 Å². The van der Waals surface area contributed by atoms with Crippen LogP contribution in [0.15, 0.2) is 72.8 Å². The number of benzene rings is 3. The number of aromatic nitrogens is 2. The highest BCUT2D eigenvalue weighted by atomic mass is 16.5. The molecule has 0 spiro atoms. The highest BCUT2D eigenvalue weighted by Crippen LogP contribution is 2.27. The molecule has 1 heterocycles. The fourth-order valence-corrected chi connectivity index (χ4v) is 3.60. The first-order valence-electron chi connectivity index (χ1n) is 10.8. The maximum atomic E-state index is 6.05. The zero-order chi connectivity index (χ0) is 22.2. The van der Waals surface area contributed by atoms with Gasteiger partial charge in [0.15, 0.2) is 11.5 Å². The number of unbranched alkanes of at least 4 members (excludes halogenated alkanes) is 1. The number of hydrogen-bond acceptors (Lipinski definition) is 5. The number of rotatable bonds is 11. The van der Waals surface area contributed by atoms with Crippen LogP contribution in [0.2, 0.25) is 0 Å². The Hall–Kier alpha value is -3.67. The van der Waals surface area contributed by atoms with E-state index in [1.165, 1.54) is 0 Å². The molecule has 4 rings (SSSR count). The van der Waals surface area contributed by atoms with E-state index in [1.807, 2.05) is 66.7 Å². The minimum atomic E-state index is 0.372. The minimum absolute atomic E-state index is 0.372. The van der Waals surface area contributed by atoms with Crippen LogP contribution in [-0.2, 0) is 13.2 Å². The molecule has 0 unspecified atom stereocenters. The summed E-state index contributed by atoms with van der Waals surface area (Å²) < 4.78 is 24.7. The Balaban J connectivity index is 1.37. The quantitative estimate of drug-likeness (QED) is 0.293. The van der Waals surface area contributed by atoms with Crippen molar-refractivity contribution < 1.29 is 18.9 Å². The van der Waals surface area contributed by atoms with Gasteiger partial charge in [0.1, 0.15) is 23.9 Å². The third-order valence-electron chi connectivity index (χ3n) is 5.26. The van der Waals surface area contributed by atoms with Crippen LogP contribution in [0.5, 0.6) is 23.0 Å². The molecule has 0 saturated heterocycles. The second-order valence-electron chi connectivity index (χ2n) is 7.34. The van der Waals surface area contributed by atoms with Crippen LogP contribution in [0.1, 0.15) is 18.7 Å². The summed E-state index contributed by atoms with van der Waals surface area (Å²) in [6.07, 6.45) is 1.91. The van der Waals surface area contributed by atoms with E-state index in [1.54, 1.807) is 14.2 Å². The van der Waals surface area contributed by atoms with Gasteiger partial charge in [-0.25, -0.2) is 4.98 Å². The van der Waals surface area contributed by atoms with Crippen molar-refractivity contribution in [2.45, 2.75) is 26.0 Å². The minimum Gasteiger partial charge on any atom is -0.497 e. The molecule has 6 heteroatoms.